The van der Waals surface area contributed by atoms with Gasteiger partial charge in [-0.25, -0.2) is 0 Å². The molecule has 0 radical (unpaired) electrons. The maximum absolute atomic E-state index is 6.14. The molecule has 0 aliphatic carbocycles. The summed E-state index contributed by atoms with van der Waals surface area (Å²) < 4.78 is 17.1. The van der Waals surface area contributed by atoms with Crippen LogP contribution in [-0.4, -0.2) is 24.4 Å². The van der Waals surface area contributed by atoms with Crippen LogP contribution < -0.4 is 24.8 Å². The van der Waals surface area contributed by atoms with E-state index in [-0.39, 0.29) is 11.6 Å². The van der Waals surface area contributed by atoms with Crippen molar-refractivity contribution in [3.05, 3.63) is 48.0 Å². The highest BCUT2D eigenvalue weighted by Gasteiger charge is 2.34. The molecule has 1 heterocycles. The molecule has 1 atom stereocenters. The molecule has 6 heteroatoms. The third kappa shape index (κ3) is 4.63. The second-order valence-corrected chi connectivity index (χ2v) is 7.46. The molecule has 1 aliphatic rings. The third-order valence-corrected chi connectivity index (χ3v) is 4.64. The largest absolute Gasteiger partial charge is 0.497 e. The molecule has 0 aromatic heterocycles. The lowest BCUT2D eigenvalue weighted by Gasteiger charge is -2.38. The van der Waals surface area contributed by atoms with Crippen LogP contribution in [0, 0.1) is 0 Å². The van der Waals surface area contributed by atoms with E-state index < -0.39 is 0 Å². The van der Waals surface area contributed by atoms with E-state index in [9.17, 15) is 0 Å². The topological polar surface area (TPSA) is 51.8 Å². The monoisotopic (exact) mass is 386 g/mol. The summed E-state index contributed by atoms with van der Waals surface area (Å²) in [5.74, 6) is 2.37. The van der Waals surface area contributed by atoms with Gasteiger partial charge in [0.05, 0.1) is 25.4 Å². The van der Waals surface area contributed by atoms with Gasteiger partial charge in [-0.2, -0.15) is 0 Å². The van der Waals surface area contributed by atoms with Gasteiger partial charge in [-0.05, 0) is 57.3 Å². The van der Waals surface area contributed by atoms with Crippen molar-refractivity contribution >= 4 is 23.0 Å². The molecular weight excluding hydrogens is 360 g/mol. The predicted octanol–water partition coefficient (Wildman–Crippen LogP) is 4.68. The third-order valence-electron chi connectivity index (χ3n) is 4.42. The van der Waals surface area contributed by atoms with Crippen LogP contribution in [0.5, 0.6) is 17.2 Å². The van der Waals surface area contributed by atoms with E-state index >= 15 is 0 Å². The van der Waals surface area contributed by atoms with Gasteiger partial charge in [0.2, 0.25) is 0 Å². The molecule has 0 unspecified atom stereocenters. The Labute approximate surface area is 166 Å². The SMILES string of the molecule is CCOc1ccccc1NC(=S)N[C@H]1CC(C)(C)Oc2cc(OC)ccc21. The first-order valence-electron chi connectivity index (χ1n) is 9.08. The van der Waals surface area contributed by atoms with Crippen LogP contribution in [0.1, 0.15) is 38.8 Å². The van der Waals surface area contributed by atoms with Crippen molar-refractivity contribution in [2.24, 2.45) is 0 Å². The number of hydrogen-bond donors (Lipinski definition) is 2. The van der Waals surface area contributed by atoms with Crippen molar-refractivity contribution < 1.29 is 14.2 Å². The molecule has 2 aromatic rings. The summed E-state index contributed by atoms with van der Waals surface area (Å²) in [5, 5.41) is 7.23. The van der Waals surface area contributed by atoms with Gasteiger partial charge in [-0.15, -0.1) is 0 Å². The number of para-hydroxylation sites is 2. The van der Waals surface area contributed by atoms with Gasteiger partial charge in [0, 0.05) is 18.1 Å². The van der Waals surface area contributed by atoms with Crippen LogP contribution in [0.15, 0.2) is 42.5 Å². The van der Waals surface area contributed by atoms with E-state index in [1.54, 1.807) is 7.11 Å². The number of methoxy groups -OCH3 is 1. The van der Waals surface area contributed by atoms with Gasteiger partial charge in [0.25, 0.3) is 0 Å². The van der Waals surface area contributed by atoms with Gasteiger partial charge in [0.1, 0.15) is 22.8 Å². The average Bonchev–Trinajstić information content (AvgIpc) is 2.62. The lowest BCUT2D eigenvalue weighted by Crippen LogP contribution is -2.42. The number of hydrogen-bond acceptors (Lipinski definition) is 4. The molecule has 1 aliphatic heterocycles. The molecule has 0 saturated heterocycles. The fourth-order valence-electron chi connectivity index (χ4n) is 3.26. The second kappa shape index (κ2) is 8.05. The number of thiocarbonyl (C=S) groups is 1. The Morgan fingerprint density at radius 1 is 1.26 bits per heavy atom. The molecule has 2 aromatic carbocycles. The van der Waals surface area contributed by atoms with E-state index in [1.165, 1.54) is 0 Å². The van der Waals surface area contributed by atoms with Crippen LogP contribution in [0.4, 0.5) is 5.69 Å². The van der Waals surface area contributed by atoms with E-state index in [2.05, 4.69) is 24.5 Å². The molecular formula is C21H26N2O3S. The Balaban J connectivity index is 1.78. The zero-order chi connectivity index (χ0) is 19.4. The normalized spacial score (nSPS) is 17.3. The predicted molar refractivity (Wildman–Crippen MR) is 112 cm³/mol. The van der Waals surface area contributed by atoms with Crippen molar-refractivity contribution in [2.75, 3.05) is 19.0 Å². The van der Waals surface area contributed by atoms with Crippen LogP contribution >= 0.6 is 12.2 Å². The van der Waals surface area contributed by atoms with Crippen molar-refractivity contribution in [2.45, 2.75) is 38.8 Å². The van der Waals surface area contributed by atoms with E-state index in [0.717, 1.165) is 34.9 Å². The summed E-state index contributed by atoms with van der Waals surface area (Å²) in [7, 11) is 1.65. The highest BCUT2D eigenvalue weighted by atomic mass is 32.1. The minimum absolute atomic E-state index is 0.0360. The first-order valence-corrected chi connectivity index (χ1v) is 9.49. The highest BCUT2D eigenvalue weighted by Crippen LogP contribution is 2.41. The molecule has 3 rings (SSSR count). The molecule has 0 fully saturated rings. The Morgan fingerprint density at radius 2 is 2.04 bits per heavy atom. The van der Waals surface area contributed by atoms with Crippen molar-refractivity contribution in [1.82, 2.24) is 5.32 Å². The molecule has 0 amide bonds. The maximum atomic E-state index is 6.14. The number of nitrogens with one attached hydrogen (secondary N) is 2. The van der Waals surface area contributed by atoms with E-state index in [0.29, 0.717) is 11.7 Å². The molecule has 0 saturated carbocycles. The van der Waals surface area contributed by atoms with Crippen LogP contribution in [-0.2, 0) is 0 Å². The zero-order valence-corrected chi connectivity index (χ0v) is 17.0. The number of anilines is 1. The summed E-state index contributed by atoms with van der Waals surface area (Å²) >= 11 is 5.57. The molecule has 144 valence electrons. The Morgan fingerprint density at radius 3 is 2.78 bits per heavy atom. The Hall–Kier alpha value is -2.47. The molecule has 5 nitrogen and oxygen atoms in total. The minimum atomic E-state index is -0.310. The van der Waals surface area contributed by atoms with Crippen LogP contribution in [0.3, 0.4) is 0 Å². The fraction of sp³-hybridized carbons (Fsp3) is 0.381. The van der Waals surface area contributed by atoms with Crippen LogP contribution in [0.2, 0.25) is 0 Å². The van der Waals surface area contributed by atoms with Gasteiger partial charge in [-0.1, -0.05) is 12.1 Å². The molecule has 27 heavy (non-hydrogen) atoms. The lowest BCUT2D eigenvalue weighted by atomic mass is 9.89. The second-order valence-electron chi connectivity index (χ2n) is 7.05. The Bertz CT molecular complexity index is 823. The highest BCUT2D eigenvalue weighted by molar-refractivity contribution is 7.80. The summed E-state index contributed by atoms with van der Waals surface area (Å²) in [5.41, 5.74) is 1.60. The molecule has 0 bridgehead atoms. The zero-order valence-electron chi connectivity index (χ0n) is 16.2. The van der Waals surface area contributed by atoms with Gasteiger partial charge < -0.3 is 24.8 Å². The van der Waals surface area contributed by atoms with Crippen molar-refractivity contribution in [3.8, 4) is 17.2 Å². The van der Waals surface area contributed by atoms with Gasteiger partial charge in [-0.3, -0.25) is 0 Å². The average molecular weight is 387 g/mol. The smallest absolute Gasteiger partial charge is 0.171 e. The van der Waals surface area contributed by atoms with Crippen LogP contribution in [0.25, 0.3) is 0 Å². The van der Waals surface area contributed by atoms with E-state index in [4.69, 9.17) is 26.4 Å². The van der Waals surface area contributed by atoms with Crippen molar-refractivity contribution in [3.63, 3.8) is 0 Å². The number of ether oxygens (including phenoxy) is 3. The molecule has 0 spiro atoms. The standard InChI is InChI=1S/C21H26N2O3S/c1-5-25-18-9-7-6-8-16(18)22-20(27)23-17-13-21(2,3)26-19-12-14(24-4)10-11-15(17)19/h6-12,17H,5,13H2,1-4H3,(H2,22,23,27)/t17-/m0/s1. The van der Waals surface area contributed by atoms with Gasteiger partial charge >= 0.3 is 0 Å². The first kappa shape index (κ1) is 19.3. The summed E-state index contributed by atoms with van der Waals surface area (Å²) in [6.07, 6.45) is 0.793. The maximum Gasteiger partial charge on any atom is 0.171 e. The van der Waals surface area contributed by atoms with Gasteiger partial charge in [0.15, 0.2) is 5.11 Å². The number of rotatable bonds is 5. The van der Waals surface area contributed by atoms with Crippen molar-refractivity contribution in [1.29, 1.82) is 0 Å². The number of benzene rings is 2. The lowest BCUT2D eigenvalue weighted by molar-refractivity contribution is 0.0693. The Kier molecular flexibility index (Phi) is 5.75. The quantitative estimate of drug-likeness (QED) is 0.728. The van der Waals surface area contributed by atoms with E-state index in [1.807, 2.05) is 49.4 Å². The minimum Gasteiger partial charge on any atom is -0.497 e. The summed E-state index contributed by atoms with van der Waals surface area (Å²) in [6, 6.07) is 13.7. The summed E-state index contributed by atoms with van der Waals surface area (Å²) in [4.78, 5) is 0. The summed E-state index contributed by atoms with van der Waals surface area (Å²) in [6.45, 7) is 6.71. The number of fused-ring (bicyclic) bond motifs is 1. The fourth-order valence-corrected chi connectivity index (χ4v) is 3.51. The first-order chi connectivity index (χ1) is 12.9. The molecule has 2 N–H and O–H groups in total.